The summed E-state index contributed by atoms with van der Waals surface area (Å²) in [6, 6.07) is 16.9. The summed E-state index contributed by atoms with van der Waals surface area (Å²) < 4.78 is 3.47. The maximum absolute atomic E-state index is 9.22. The van der Waals surface area contributed by atoms with E-state index in [0.29, 0.717) is 12.6 Å². The minimum atomic E-state index is 0.0846. The lowest BCUT2D eigenvalue weighted by atomic mass is 10.2. The second-order valence-corrected chi connectivity index (χ2v) is 8.20. The van der Waals surface area contributed by atoms with Gasteiger partial charge >= 0.3 is 0 Å². The number of hydrogen-bond donors (Lipinski definition) is 2. The molecule has 2 aromatic carbocycles. The molecule has 0 amide bonds. The second-order valence-electron chi connectivity index (χ2n) is 7.13. The number of aliphatic hydroxyl groups is 1. The van der Waals surface area contributed by atoms with Gasteiger partial charge in [0.05, 0.1) is 40.6 Å². The number of aromatic nitrogens is 3. The van der Waals surface area contributed by atoms with Gasteiger partial charge < -0.3 is 10.4 Å². The molecule has 144 valence electrons. The van der Waals surface area contributed by atoms with Crippen molar-refractivity contribution >= 4 is 38.5 Å². The molecule has 2 N–H and O–H groups in total. The van der Waals surface area contributed by atoms with E-state index in [4.69, 9.17) is 9.97 Å². The third-order valence-electron chi connectivity index (χ3n) is 5.33. The van der Waals surface area contributed by atoms with Gasteiger partial charge in [0.25, 0.3) is 0 Å². The third-order valence-corrected chi connectivity index (χ3v) is 6.47. The quantitative estimate of drug-likeness (QED) is 0.521. The number of hydrogen-bond acceptors (Lipinski definition) is 6. The first-order valence-electron chi connectivity index (χ1n) is 9.73. The standard InChI is InChI=1S/C21H23N5OS/c27-13-11-22-21-24-15-6-1-3-8-17(15)26(21)14-25-12-5-9-18(25)20-23-16-7-2-4-10-19(16)28-20/h1-4,6-8,10,18,27H,5,9,11-14H2,(H,22,24). The van der Waals surface area contributed by atoms with Crippen molar-refractivity contribution in [1.82, 2.24) is 19.4 Å². The molecule has 1 atom stereocenters. The Morgan fingerprint density at radius 3 is 2.75 bits per heavy atom. The maximum Gasteiger partial charge on any atom is 0.205 e. The van der Waals surface area contributed by atoms with Gasteiger partial charge in [-0.2, -0.15) is 0 Å². The average molecular weight is 394 g/mol. The van der Waals surface area contributed by atoms with Crippen LogP contribution in [0, 0.1) is 0 Å². The Morgan fingerprint density at radius 2 is 1.89 bits per heavy atom. The highest BCUT2D eigenvalue weighted by Gasteiger charge is 2.29. The van der Waals surface area contributed by atoms with Crippen molar-refractivity contribution in [2.45, 2.75) is 25.6 Å². The lowest BCUT2D eigenvalue weighted by Crippen LogP contribution is -2.27. The summed E-state index contributed by atoms with van der Waals surface area (Å²) in [5.74, 6) is 0.810. The smallest absolute Gasteiger partial charge is 0.205 e. The van der Waals surface area contributed by atoms with Crippen LogP contribution < -0.4 is 5.32 Å². The molecule has 6 nitrogen and oxygen atoms in total. The van der Waals surface area contributed by atoms with E-state index in [0.717, 1.165) is 42.1 Å². The lowest BCUT2D eigenvalue weighted by molar-refractivity contribution is 0.206. The van der Waals surface area contributed by atoms with Crippen molar-refractivity contribution in [2.24, 2.45) is 0 Å². The molecule has 1 aliphatic heterocycles. The van der Waals surface area contributed by atoms with Gasteiger partial charge in [-0.1, -0.05) is 24.3 Å². The van der Waals surface area contributed by atoms with Crippen molar-refractivity contribution in [2.75, 3.05) is 25.0 Å². The molecular formula is C21H23N5OS. The number of imidazole rings is 1. The predicted molar refractivity (Wildman–Crippen MR) is 114 cm³/mol. The number of fused-ring (bicyclic) bond motifs is 2. The number of rotatable bonds is 6. The minimum Gasteiger partial charge on any atom is -0.395 e. The Bertz CT molecular complexity index is 1070. The highest BCUT2D eigenvalue weighted by Crippen LogP contribution is 2.37. The van der Waals surface area contributed by atoms with Crippen LogP contribution in [0.15, 0.2) is 48.5 Å². The molecule has 1 fully saturated rings. The molecule has 0 bridgehead atoms. The Labute approximate surface area is 167 Å². The van der Waals surface area contributed by atoms with Gasteiger partial charge in [0, 0.05) is 13.1 Å². The van der Waals surface area contributed by atoms with Gasteiger partial charge in [0.1, 0.15) is 5.01 Å². The van der Waals surface area contributed by atoms with E-state index in [9.17, 15) is 5.11 Å². The number of benzene rings is 2. The van der Waals surface area contributed by atoms with Crippen LogP contribution in [0.1, 0.15) is 23.9 Å². The number of nitrogens with one attached hydrogen (secondary N) is 1. The molecule has 0 spiro atoms. The van der Waals surface area contributed by atoms with Crippen LogP contribution in [0.2, 0.25) is 0 Å². The molecule has 1 saturated heterocycles. The largest absolute Gasteiger partial charge is 0.395 e. The summed E-state index contributed by atoms with van der Waals surface area (Å²) in [5.41, 5.74) is 3.17. The van der Waals surface area contributed by atoms with Crippen LogP contribution in [0.3, 0.4) is 0 Å². The zero-order valence-electron chi connectivity index (χ0n) is 15.6. The Kier molecular flexibility index (Phi) is 4.72. The highest BCUT2D eigenvalue weighted by atomic mass is 32.1. The molecular weight excluding hydrogens is 370 g/mol. The SMILES string of the molecule is OCCNc1nc2ccccc2n1CN1CCCC1c1nc2ccccc2s1. The molecule has 0 saturated carbocycles. The fourth-order valence-corrected chi connectivity index (χ4v) is 5.15. The van der Waals surface area contributed by atoms with E-state index in [2.05, 4.69) is 45.1 Å². The molecule has 0 aliphatic carbocycles. The zero-order valence-corrected chi connectivity index (χ0v) is 16.4. The second kappa shape index (κ2) is 7.50. The van der Waals surface area contributed by atoms with E-state index in [1.807, 2.05) is 18.2 Å². The molecule has 0 radical (unpaired) electrons. The van der Waals surface area contributed by atoms with Crippen LogP contribution in [0.4, 0.5) is 5.95 Å². The van der Waals surface area contributed by atoms with Crippen molar-refractivity contribution in [3.8, 4) is 0 Å². The summed E-state index contributed by atoms with van der Waals surface area (Å²) in [4.78, 5) is 12.1. The van der Waals surface area contributed by atoms with Crippen molar-refractivity contribution in [3.05, 3.63) is 53.5 Å². The zero-order chi connectivity index (χ0) is 18.9. The number of thiazole rings is 1. The maximum atomic E-state index is 9.22. The number of aliphatic hydroxyl groups excluding tert-OH is 1. The molecule has 1 aliphatic rings. The van der Waals surface area contributed by atoms with Crippen LogP contribution >= 0.6 is 11.3 Å². The van der Waals surface area contributed by atoms with Crippen LogP contribution in [0.5, 0.6) is 0 Å². The van der Waals surface area contributed by atoms with Gasteiger partial charge in [-0.25, -0.2) is 9.97 Å². The third kappa shape index (κ3) is 3.15. The molecule has 1 unspecified atom stereocenters. The van der Waals surface area contributed by atoms with Crippen molar-refractivity contribution in [1.29, 1.82) is 0 Å². The fourth-order valence-electron chi connectivity index (χ4n) is 4.01. The minimum absolute atomic E-state index is 0.0846. The summed E-state index contributed by atoms with van der Waals surface area (Å²) in [6.45, 7) is 2.38. The van der Waals surface area contributed by atoms with E-state index >= 15 is 0 Å². The Morgan fingerprint density at radius 1 is 1.07 bits per heavy atom. The van der Waals surface area contributed by atoms with Gasteiger partial charge in [-0.05, 0) is 37.1 Å². The number of anilines is 1. The van der Waals surface area contributed by atoms with Gasteiger partial charge in [0.2, 0.25) is 5.95 Å². The molecule has 7 heteroatoms. The molecule has 2 aromatic heterocycles. The molecule has 5 rings (SSSR count). The normalized spacial score (nSPS) is 17.7. The van der Waals surface area contributed by atoms with Crippen molar-refractivity contribution in [3.63, 3.8) is 0 Å². The van der Waals surface area contributed by atoms with Crippen molar-refractivity contribution < 1.29 is 5.11 Å². The summed E-state index contributed by atoms with van der Waals surface area (Å²) in [5, 5.41) is 13.7. The van der Waals surface area contributed by atoms with Gasteiger partial charge in [-0.3, -0.25) is 9.47 Å². The summed E-state index contributed by atoms with van der Waals surface area (Å²) >= 11 is 1.81. The highest BCUT2D eigenvalue weighted by molar-refractivity contribution is 7.18. The molecule has 28 heavy (non-hydrogen) atoms. The lowest BCUT2D eigenvalue weighted by Gasteiger charge is -2.24. The molecule has 3 heterocycles. The first kappa shape index (κ1) is 17.6. The first-order chi connectivity index (χ1) is 13.8. The monoisotopic (exact) mass is 393 g/mol. The molecule has 4 aromatic rings. The summed E-state index contributed by atoms with van der Waals surface area (Å²) in [6.07, 6.45) is 2.30. The first-order valence-corrected chi connectivity index (χ1v) is 10.5. The summed E-state index contributed by atoms with van der Waals surface area (Å²) in [7, 11) is 0. The fraction of sp³-hybridized carbons (Fsp3) is 0.333. The van der Waals surface area contributed by atoms with Crippen LogP contribution in [-0.2, 0) is 6.67 Å². The van der Waals surface area contributed by atoms with E-state index in [1.165, 1.54) is 16.1 Å². The van der Waals surface area contributed by atoms with Gasteiger partial charge in [-0.15, -0.1) is 11.3 Å². The van der Waals surface area contributed by atoms with Crippen LogP contribution in [-0.4, -0.2) is 44.2 Å². The number of nitrogens with zero attached hydrogens (tertiary/aromatic N) is 4. The Balaban J connectivity index is 1.47. The van der Waals surface area contributed by atoms with E-state index in [-0.39, 0.29) is 6.61 Å². The Hall–Kier alpha value is -2.48. The number of likely N-dealkylation sites (tertiary alicyclic amines) is 1. The predicted octanol–water partition coefficient (Wildman–Crippen LogP) is 3.84. The van der Waals surface area contributed by atoms with Crippen LogP contribution in [0.25, 0.3) is 21.3 Å². The van der Waals surface area contributed by atoms with E-state index < -0.39 is 0 Å². The van der Waals surface area contributed by atoms with Gasteiger partial charge in [0.15, 0.2) is 0 Å². The topological polar surface area (TPSA) is 66.2 Å². The average Bonchev–Trinajstić information content (AvgIpc) is 3.43. The van der Waals surface area contributed by atoms with E-state index in [1.54, 1.807) is 11.3 Å². The number of para-hydroxylation sites is 3.